The highest BCUT2D eigenvalue weighted by molar-refractivity contribution is 5.96. The third-order valence-electron chi connectivity index (χ3n) is 1.95. The topological polar surface area (TPSA) is 34.9 Å². The first kappa shape index (κ1) is 11.7. The molecular weight excluding hydrogens is 209 g/mol. The molecule has 1 aromatic heterocycles. The van der Waals surface area contributed by atoms with E-state index in [0.29, 0.717) is 5.69 Å². The van der Waals surface area contributed by atoms with E-state index >= 15 is 0 Å². The molecule has 0 fully saturated rings. The number of aryl methyl sites for hydroxylation is 2. The second-order valence-corrected chi connectivity index (χ2v) is 3.34. The maximum atomic E-state index is 11.9. The van der Waals surface area contributed by atoms with Crippen LogP contribution in [0.1, 0.15) is 28.9 Å². The Morgan fingerprint density at radius 2 is 2.13 bits per heavy atom. The standard InChI is InChI=1S/C9H11F3N2O/c1-6-7(5-14(2)13-6)8(15)3-4-9(10,11)12/h5H,3-4H2,1-2H3. The molecule has 0 saturated heterocycles. The van der Waals surface area contributed by atoms with Crippen LogP contribution >= 0.6 is 0 Å². The van der Waals surface area contributed by atoms with Crippen LogP contribution in [0.4, 0.5) is 13.2 Å². The third-order valence-corrected chi connectivity index (χ3v) is 1.95. The zero-order valence-corrected chi connectivity index (χ0v) is 8.43. The summed E-state index contributed by atoms with van der Waals surface area (Å²) >= 11 is 0. The molecule has 1 heterocycles. The van der Waals surface area contributed by atoms with Crippen molar-refractivity contribution >= 4 is 5.78 Å². The summed E-state index contributed by atoms with van der Waals surface area (Å²) < 4.78 is 37.0. The zero-order valence-electron chi connectivity index (χ0n) is 8.43. The maximum absolute atomic E-state index is 11.9. The molecule has 0 spiro atoms. The van der Waals surface area contributed by atoms with Crippen molar-refractivity contribution in [3.63, 3.8) is 0 Å². The van der Waals surface area contributed by atoms with Crippen LogP contribution in [0.2, 0.25) is 0 Å². The summed E-state index contributed by atoms with van der Waals surface area (Å²) in [5.41, 5.74) is 0.728. The summed E-state index contributed by atoms with van der Waals surface area (Å²) in [5, 5.41) is 3.89. The molecule has 6 heteroatoms. The third kappa shape index (κ3) is 3.38. The summed E-state index contributed by atoms with van der Waals surface area (Å²) in [7, 11) is 1.62. The molecule has 0 bridgehead atoms. The van der Waals surface area contributed by atoms with Gasteiger partial charge in [-0.2, -0.15) is 18.3 Å². The van der Waals surface area contributed by atoms with Gasteiger partial charge in [-0.25, -0.2) is 0 Å². The van der Waals surface area contributed by atoms with Crippen LogP contribution in [-0.2, 0) is 7.05 Å². The van der Waals surface area contributed by atoms with E-state index in [1.165, 1.54) is 10.9 Å². The van der Waals surface area contributed by atoms with Crippen LogP contribution in [0.3, 0.4) is 0 Å². The van der Waals surface area contributed by atoms with Crippen molar-refractivity contribution in [2.45, 2.75) is 25.9 Å². The average Bonchev–Trinajstić information content (AvgIpc) is 2.40. The molecule has 0 radical (unpaired) electrons. The number of alkyl halides is 3. The molecule has 0 aliphatic heterocycles. The lowest BCUT2D eigenvalue weighted by atomic mass is 10.1. The molecule has 84 valence electrons. The van der Waals surface area contributed by atoms with Crippen LogP contribution in [0.15, 0.2) is 6.20 Å². The van der Waals surface area contributed by atoms with Crippen molar-refractivity contribution in [1.82, 2.24) is 9.78 Å². The van der Waals surface area contributed by atoms with E-state index in [1.807, 2.05) is 0 Å². The normalized spacial score (nSPS) is 11.8. The Hall–Kier alpha value is -1.33. The van der Waals surface area contributed by atoms with E-state index < -0.39 is 24.8 Å². The van der Waals surface area contributed by atoms with Gasteiger partial charge in [0.05, 0.1) is 17.7 Å². The van der Waals surface area contributed by atoms with E-state index in [2.05, 4.69) is 5.10 Å². The van der Waals surface area contributed by atoms with Gasteiger partial charge in [-0.1, -0.05) is 0 Å². The molecule has 0 aliphatic rings. The van der Waals surface area contributed by atoms with Crippen LogP contribution in [-0.4, -0.2) is 21.7 Å². The Labute approximate surface area is 84.9 Å². The molecule has 3 nitrogen and oxygen atoms in total. The number of rotatable bonds is 3. The van der Waals surface area contributed by atoms with Crippen molar-refractivity contribution in [3.05, 3.63) is 17.5 Å². The number of Topliss-reactive ketones (excluding diaryl/α,β-unsaturated/α-hetero) is 1. The average molecular weight is 220 g/mol. The number of halogens is 3. The largest absolute Gasteiger partial charge is 0.389 e. The first-order chi connectivity index (χ1) is 6.79. The summed E-state index contributed by atoms with van der Waals surface area (Å²) in [4.78, 5) is 11.4. The monoisotopic (exact) mass is 220 g/mol. The predicted octanol–water partition coefficient (Wildman–Crippen LogP) is 2.25. The zero-order chi connectivity index (χ0) is 11.6. The Morgan fingerprint density at radius 1 is 1.53 bits per heavy atom. The highest BCUT2D eigenvalue weighted by atomic mass is 19.4. The van der Waals surface area contributed by atoms with Gasteiger partial charge in [-0.3, -0.25) is 9.48 Å². The predicted molar refractivity (Wildman–Crippen MR) is 47.6 cm³/mol. The van der Waals surface area contributed by atoms with Crippen molar-refractivity contribution in [2.24, 2.45) is 7.05 Å². The second-order valence-electron chi connectivity index (χ2n) is 3.34. The molecule has 0 amide bonds. The van der Waals surface area contributed by atoms with Crippen molar-refractivity contribution in [3.8, 4) is 0 Å². The van der Waals surface area contributed by atoms with Gasteiger partial charge in [0.1, 0.15) is 0 Å². The Morgan fingerprint density at radius 3 is 2.53 bits per heavy atom. The highest BCUT2D eigenvalue weighted by Gasteiger charge is 2.28. The van der Waals surface area contributed by atoms with Crippen molar-refractivity contribution < 1.29 is 18.0 Å². The van der Waals surface area contributed by atoms with E-state index in [1.54, 1.807) is 14.0 Å². The lowest BCUT2D eigenvalue weighted by Gasteiger charge is -2.04. The minimum absolute atomic E-state index is 0.266. The van der Waals surface area contributed by atoms with Crippen LogP contribution in [0.5, 0.6) is 0 Å². The van der Waals surface area contributed by atoms with E-state index in [-0.39, 0.29) is 5.56 Å². The maximum Gasteiger partial charge on any atom is 0.389 e. The number of aromatic nitrogens is 2. The number of ketones is 1. The first-order valence-electron chi connectivity index (χ1n) is 4.40. The van der Waals surface area contributed by atoms with Gasteiger partial charge >= 0.3 is 6.18 Å². The first-order valence-corrected chi connectivity index (χ1v) is 4.40. The fourth-order valence-electron chi connectivity index (χ4n) is 1.26. The minimum Gasteiger partial charge on any atom is -0.294 e. The van der Waals surface area contributed by atoms with Gasteiger partial charge in [0.15, 0.2) is 5.78 Å². The molecule has 1 aromatic rings. The smallest absolute Gasteiger partial charge is 0.294 e. The summed E-state index contributed by atoms with van der Waals surface area (Å²) in [6.07, 6.45) is -4.45. The summed E-state index contributed by atoms with van der Waals surface area (Å²) in [5.74, 6) is -0.516. The van der Waals surface area contributed by atoms with Crippen molar-refractivity contribution in [2.75, 3.05) is 0 Å². The van der Waals surface area contributed by atoms with Crippen LogP contribution in [0.25, 0.3) is 0 Å². The molecule has 1 rings (SSSR count). The number of carbonyl (C=O) groups is 1. The molecule has 0 aliphatic carbocycles. The van der Waals surface area contributed by atoms with E-state index in [9.17, 15) is 18.0 Å². The fourth-order valence-corrected chi connectivity index (χ4v) is 1.26. The quantitative estimate of drug-likeness (QED) is 0.732. The number of nitrogens with zero attached hydrogens (tertiary/aromatic N) is 2. The molecule has 0 atom stereocenters. The molecule has 15 heavy (non-hydrogen) atoms. The van der Waals surface area contributed by atoms with Gasteiger partial charge in [0.25, 0.3) is 0 Å². The Bertz CT molecular complexity index is 368. The number of carbonyl (C=O) groups excluding carboxylic acids is 1. The van der Waals surface area contributed by atoms with Gasteiger partial charge in [-0.05, 0) is 6.92 Å². The van der Waals surface area contributed by atoms with E-state index in [4.69, 9.17) is 0 Å². The molecule has 0 N–H and O–H groups in total. The van der Waals surface area contributed by atoms with Crippen LogP contribution in [0, 0.1) is 6.92 Å². The van der Waals surface area contributed by atoms with Gasteiger partial charge in [0.2, 0.25) is 0 Å². The second kappa shape index (κ2) is 4.04. The van der Waals surface area contributed by atoms with Crippen molar-refractivity contribution in [1.29, 1.82) is 0 Å². The molecule has 0 saturated carbocycles. The Balaban J connectivity index is 2.66. The SMILES string of the molecule is Cc1nn(C)cc1C(=O)CCC(F)(F)F. The summed E-state index contributed by atoms with van der Waals surface area (Å²) in [6.45, 7) is 1.60. The molecule has 0 unspecified atom stereocenters. The van der Waals surface area contributed by atoms with E-state index in [0.717, 1.165) is 0 Å². The Kier molecular flexibility index (Phi) is 3.16. The van der Waals surface area contributed by atoms with Gasteiger partial charge in [0, 0.05) is 19.7 Å². The number of hydrogen-bond donors (Lipinski definition) is 0. The lowest BCUT2D eigenvalue weighted by Crippen LogP contribution is -2.11. The van der Waals surface area contributed by atoms with Gasteiger partial charge in [-0.15, -0.1) is 0 Å². The highest BCUT2D eigenvalue weighted by Crippen LogP contribution is 2.23. The fraction of sp³-hybridized carbons (Fsp3) is 0.556. The molecule has 0 aromatic carbocycles. The minimum atomic E-state index is -4.29. The van der Waals surface area contributed by atoms with Crippen LogP contribution < -0.4 is 0 Å². The number of hydrogen-bond acceptors (Lipinski definition) is 2. The van der Waals surface area contributed by atoms with Gasteiger partial charge < -0.3 is 0 Å². The molecular formula is C9H11F3N2O. The summed E-state index contributed by atoms with van der Waals surface area (Å²) in [6, 6.07) is 0. The lowest BCUT2D eigenvalue weighted by molar-refractivity contribution is -0.133.